The maximum absolute atomic E-state index is 12.4. The van der Waals surface area contributed by atoms with E-state index < -0.39 is 0 Å². The van der Waals surface area contributed by atoms with Crippen molar-refractivity contribution < 1.29 is 9.53 Å². The number of amides is 1. The first-order valence-electron chi connectivity index (χ1n) is 7.65. The van der Waals surface area contributed by atoms with E-state index in [-0.39, 0.29) is 11.8 Å². The van der Waals surface area contributed by atoms with Crippen molar-refractivity contribution in [1.82, 2.24) is 15.0 Å². The van der Waals surface area contributed by atoms with Crippen LogP contribution < -0.4 is 15.0 Å². The quantitative estimate of drug-likeness (QED) is 0.931. The van der Waals surface area contributed by atoms with Gasteiger partial charge in [0.05, 0.1) is 7.11 Å². The number of anilines is 2. The molecule has 3 heterocycles. The molecule has 3 rings (SSSR count). The summed E-state index contributed by atoms with van der Waals surface area (Å²) in [4.78, 5) is 27.0. The Morgan fingerprint density at radius 2 is 2.04 bits per heavy atom. The Balaban J connectivity index is 1.76. The lowest BCUT2D eigenvalue weighted by atomic mass is 10.1. The van der Waals surface area contributed by atoms with E-state index in [9.17, 15) is 4.79 Å². The smallest absolute Gasteiger partial charge is 0.262 e. The van der Waals surface area contributed by atoms with Gasteiger partial charge < -0.3 is 15.0 Å². The van der Waals surface area contributed by atoms with E-state index >= 15 is 0 Å². The topological polar surface area (TPSA) is 80.2 Å². The van der Waals surface area contributed by atoms with Gasteiger partial charge in [-0.2, -0.15) is 0 Å². The number of ether oxygens (including phenoxy) is 1. The predicted octanol–water partition coefficient (Wildman–Crippen LogP) is 2.12. The number of hydrogen-bond acceptors (Lipinski definition) is 6. The number of hydrogen-bond donors (Lipinski definition) is 1. The highest BCUT2D eigenvalue weighted by atomic mass is 16.5. The Hall–Kier alpha value is -2.70. The summed E-state index contributed by atoms with van der Waals surface area (Å²) in [7, 11) is 1.48. The molecule has 0 unspecified atom stereocenters. The molecule has 1 amide bonds. The first kappa shape index (κ1) is 15.2. The highest BCUT2D eigenvalue weighted by Gasteiger charge is 2.16. The molecule has 7 heteroatoms. The van der Waals surface area contributed by atoms with Crippen LogP contribution in [0.3, 0.4) is 0 Å². The van der Waals surface area contributed by atoms with Crippen LogP contribution in [-0.2, 0) is 0 Å². The van der Waals surface area contributed by atoms with Gasteiger partial charge in [-0.1, -0.05) is 0 Å². The first-order chi connectivity index (χ1) is 11.3. The Labute approximate surface area is 134 Å². The molecule has 1 fully saturated rings. The third kappa shape index (κ3) is 3.56. The maximum atomic E-state index is 12.4. The predicted molar refractivity (Wildman–Crippen MR) is 86.8 cm³/mol. The third-order valence-corrected chi connectivity index (χ3v) is 3.78. The molecule has 0 spiro atoms. The minimum absolute atomic E-state index is 0.287. The molecule has 0 radical (unpaired) electrons. The van der Waals surface area contributed by atoms with Crippen LogP contribution in [0.4, 0.5) is 11.6 Å². The third-order valence-electron chi connectivity index (χ3n) is 3.78. The second kappa shape index (κ2) is 7.04. The zero-order valence-corrected chi connectivity index (χ0v) is 13.0. The fourth-order valence-corrected chi connectivity index (χ4v) is 2.62. The van der Waals surface area contributed by atoms with Crippen LogP contribution in [0, 0.1) is 0 Å². The van der Waals surface area contributed by atoms with Gasteiger partial charge in [0.1, 0.15) is 23.5 Å². The number of rotatable bonds is 4. The summed E-state index contributed by atoms with van der Waals surface area (Å²) in [6.07, 6.45) is 6.64. The van der Waals surface area contributed by atoms with E-state index in [0.29, 0.717) is 11.4 Å². The normalized spacial score (nSPS) is 14.4. The molecule has 2 aromatic heterocycles. The molecule has 0 atom stereocenters. The van der Waals surface area contributed by atoms with Crippen molar-refractivity contribution in [3.8, 4) is 5.88 Å². The van der Waals surface area contributed by atoms with Crippen LogP contribution in [0.5, 0.6) is 5.88 Å². The zero-order valence-electron chi connectivity index (χ0n) is 13.0. The van der Waals surface area contributed by atoms with E-state index in [1.54, 1.807) is 24.4 Å². The number of methoxy groups -OCH3 is 1. The van der Waals surface area contributed by atoms with E-state index in [1.165, 1.54) is 32.7 Å². The van der Waals surface area contributed by atoms with Crippen molar-refractivity contribution in [2.75, 3.05) is 30.4 Å². The number of piperidine rings is 1. The lowest BCUT2D eigenvalue weighted by molar-refractivity contribution is 0.102. The van der Waals surface area contributed by atoms with Crippen LogP contribution in [0.2, 0.25) is 0 Å². The van der Waals surface area contributed by atoms with Gasteiger partial charge >= 0.3 is 0 Å². The average Bonchev–Trinajstić information content (AvgIpc) is 2.62. The van der Waals surface area contributed by atoms with Gasteiger partial charge in [0.25, 0.3) is 5.91 Å². The molecule has 23 heavy (non-hydrogen) atoms. The molecule has 0 bridgehead atoms. The van der Waals surface area contributed by atoms with Crippen molar-refractivity contribution in [3.63, 3.8) is 0 Å². The van der Waals surface area contributed by atoms with Gasteiger partial charge in [0.2, 0.25) is 5.88 Å². The summed E-state index contributed by atoms with van der Waals surface area (Å²) >= 11 is 0. The molecule has 1 aliphatic rings. The molecule has 7 nitrogen and oxygen atoms in total. The van der Waals surface area contributed by atoms with Crippen LogP contribution in [0.15, 0.2) is 30.7 Å². The highest BCUT2D eigenvalue weighted by Crippen LogP contribution is 2.20. The van der Waals surface area contributed by atoms with E-state index in [0.717, 1.165) is 18.9 Å². The number of aromatic nitrogens is 3. The minimum atomic E-state index is -0.307. The molecule has 0 aromatic carbocycles. The van der Waals surface area contributed by atoms with Crippen molar-refractivity contribution >= 4 is 17.5 Å². The fourth-order valence-electron chi connectivity index (χ4n) is 2.62. The minimum Gasteiger partial charge on any atom is -0.480 e. The van der Waals surface area contributed by atoms with Crippen molar-refractivity contribution in [2.24, 2.45) is 0 Å². The van der Waals surface area contributed by atoms with E-state index in [4.69, 9.17) is 4.74 Å². The Morgan fingerprint density at radius 3 is 2.83 bits per heavy atom. The monoisotopic (exact) mass is 313 g/mol. The fraction of sp³-hybridized carbons (Fsp3) is 0.375. The summed E-state index contributed by atoms with van der Waals surface area (Å²) in [5.74, 6) is 1.29. The molecule has 1 N–H and O–H groups in total. The second-order valence-corrected chi connectivity index (χ2v) is 5.32. The molecule has 1 aliphatic heterocycles. The van der Waals surface area contributed by atoms with Crippen molar-refractivity contribution in [2.45, 2.75) is 19.3 Å². The molecule has 2 aromatic rings. The van der Waals surface area contributed by atoms with Gasteiger partial charge in [-0.15, -0.1) is 0 Å². The zero-order chi connectivity index (χ0) is 16.1. The average molecular weight is 313 g/mol. The Kier molecular flexibility index (Phi) is 4.65. The SMILES string of the molecule is COc1ncccc1C(=O)Nc1cc(N2CCCCC2)ncn1. The van der Waals surface area contributed by atoms with E-state index in [1.807, 2.05) is 0 Å². The first-order valence-corrected chi connectivity index (χ1v) is 7.65. The van der Waals surface area contributed by atoms with Crippen molar-refractivity contribution in [3.05, 3.63) is 36.3 Å². The van der Waals surface area contributed by atoms with Gasteiger partial charge in [0.15, 0.2) is 0 Å². The molecule has 1 saturated heterocycles. The highest BCUT2D eigenvalue weighted by molar-refractivity contribution is 6.05. The number of carbonyl (C=O) groups is 1. The number of nitrogens with zero attached hydrogens (tertiary/aromatic N) is 4. The second-order valence-electron chi connectivity index (χ2n) is 5.32. The largest absolute Gasteiger partial charge is 0.480 e. The summed E-state index contributed by atoms with van der Waals surface area (Å²) in [5, 5.41) is 2.78. The Morgan fingerprint density at radius 1 is 1.22 bits per heavy atom. The van der Waals surface area contributed by atoms with Crippen LogP contribution in [0.1, 0.15) is 29.6 Å². The number of carbonyl (C=O) groups excluding carboxylic acids is 1. The van der Waals surface area contributed by atoms with Gasteiger partial charge in [-0.3, -0.25) is 4.79 Å². The summed E-state index contributed by atoms with van der Waals surface area (Å²) in [6, 6.07) is 5.15. The van der Waals surface area contributed by atoms with Gasteiger partial charge in [-0.05, 0) is 31.4 Å². The van der Waals surface area contributed by atoms with Gasteiger partial charge in [0, 0.05) is 25.4 Å². The molecule has 120 valence electrons. The van der Waals surface area contributed by atoms with Crippen LogP contribution in [0.25, 0.3) is 0 Å². The van der Waals surface area contributed by atoms with Crippen LogP contribution >= 0.6 is 0 Å². The van der Waals surface area contributed by atoms with E-state index in [2.05, 4.69) is 25.2 Å². The summed E-state index contributed by atoms with van der Waals surface area (Å²) < 4.78 is 5.11. The molecule has 0 aliphatic carbocycles. The maximum Gasteiger partial charge on any atom is 0.262 e. The lowest BCUT2D eigenvalue weighted by Crippen LogP contribution is -2.30. The van der Waals surface area contributed by atoms with Crippen LogP contribution in [-0.4, -0.2) is 41.1 Å². The summed E-state index contributed by atoms with van der Waals surface area (Å²) in [5.41, 5.74) is 0.369. The molecular weight excluding hydrogens is 294 g/mol. The lowest BCUT2D eigenvalue weighted by Gasteiger charge is -2.27. The standard InChI is InChI=1S/C16H19N5O2/c1-23-16-12(6-5-7-17-16)15(22)20-13-10-14(19-11-18-13)21-8-3-2-4-9-21/h5-7,10-11H,2-4,8-9H2,1H3,(H,18,19,20,22). The van der Waals surface area contributed by atoms with Gasteiger partial charge in [-0.25, -0.2) is 15.0 Å². The number of pyridine rings is 1. The summed E-state index contributed by atoms with van der Waals surface area (Å²) in [6.45, 7) is 1.97. The molecular formula is C16H19N5O2. The molecule has 0 saturated carbocycles. The Bertz CT molecular complexity index is 686. The number of nitrogens with one attached hydrogen (secondary N) is 1. The van der Waals surface area contributed by atoms with Crippen molar-refractivity contribution in [1.29, 1.82) is 0 Å².